The number of carbonyl (C=O) groups is 3. The first-order chi connectivity index (χ1) is 26.2. The second kappa shape index (κ2) is 13.0. The van der Waals surface area contributed by atoms with Crippen molar-refractivity contribution >= 4 is 17.8 Å². The summed E-state index contributed by atoms with van der Waals surface area (Å²) < 4.78 is 6.20. The van der Waals surface area contributed by atoms with Gasteiger partial charge >= 0.3 is 11.9 Å². The van der Waals surface area contributed by atoms with Crippen LogP contribution in [0.15, 0.2) is 48.7 Å². The van der Waals surface area contributed by atoms with Crippen molar-refractivity contribution in [3.05, 3.63) is 54.5 Å². The molecule has 8 heteroatoms. The summed E-state index contributed by atoms with van der Waals surface area (Å²) in [5.41, 5.74) is 1.43. The highest BCUT2D eigenvalue weighted by atomic mass is 16.5. The summed E-state index contributed by atoms with van der Waals surface area (Å²) in [4.78, 5) is 48.5. The molecule has 8 rings (SSSR count). The Morgan fingerprint density at radius 1 is 0.893 bits per heavy atom. The van der Waals surface area contributed by atoms with E-state index in [4.69, 9.17) is 9.72 Å². The SMILES string of the molecule is C=C(C)[C@@H]1CC[C@]2(C(=O)NC3(c4ncc(-c5ccccc5)[nH]4)CC3)CC[C@]3(C)[C@H](CC[C@@H]4[C@@]5(C)CC[C@H](OC(=O)CC(C)(C)C(=O)O)C(C)(C)[C@@H]5CC[C@]43C)[C@@H]12. The van der Waals surface area contributed by atoms with Crippen LogP contribution in [0.25, 0.3) is 11.3 Å². The first kappa shape index (κ1) is 39.4. The van der Waals surface area contributed by atoms with Gasteiger partial charge in [0.25, 0.3) is 0 Å². The normalized spacial score (nSPS) is 39.2. The van der Waals surface area contributed by atoms with Crippen molar-refractivity contribution in [3.8, 4) is 11.3 Å². The number of nitrogens with one attached hydrogen (secondary N) is 2. The van der Waals surface area contributed by atoms with Crippen LogP contribution in [0.3, 0.4) is 0 Å². The van der Waals surface area contributed by atoms with Gasteiger partial charge in [-0.3, -0.25) is 14.4 Å². The average molecular weight is 766 g/mol. The average Bonchev–Trinajstić information content (AvgIpc) is 3.53. The second-order valence-corrected chi connectivity index (χ2v) is 21.6. The Morgan fingerprint density at radius 3 is 2.27 bits per heavy atom. The Labute approximate surface area is 334 Å². The predicted molar refractivity (Wildman–Crippen MR) is 218 cm³/mol. The zero-order chi connectivity index (χ0) is 40.3. The summed E-state index contributed by atoms with van der Waals surface area (Å²) in [7, 11) is 0. The Bertz CT molecular complexity index is 1910. The lowest BCUT2D eigenvalue weighted by Gasteiger charge is -2.72. The number of nitrogens with zero attached hydrogens (tertiary/aromatic N) is 1. The Morgan fingerprint density at radius 2 is 1.61 bits per heavy atom. The van der Waals surface area contributed by atoms with Crippen molar-refractivity contribution < 1.29 is 24.2 Å². The van der Waals surface area contributed by atoms with Crippen LogP contribution >= 0.6 is 0 Å². The van der Waals surface area contributed by atoms with Gasteiger partial charge in [-0.05, 0) is 149 Å². The fraction of sp³-hybridized carbons (Fsp3) is 0.708. The second-order valence-electron chi connectivity index (χ2n) is 21.6. The molecule has 1 aromatic heterocycles. The third-order valence-corrected chi connectivity index (χ3v) is 18.1. The molecule has 6 aliphatic rings. The van der Waals surface area contributed by atoms with Crippen LogP contribution in [0.2, 0.25) is 0 Å². The number of carbonyl (C=O) groups excluding carboxylic acids is 2. The molecule has 6 aliphatic carbocycles. The third kappa shape index (κ3) is 5.71. The number of carboxylic acid groups (broad SMARTS) is 1. The lowest BCUT2D eigenvalue weighted by molar-refractivity contribution is -0.249. The van der Waals surface area contributed by atoms with Crippen LogP contribution in [0.5, 0.6) is 0 Å². The standard InChI is InChI=1S/C48H67N3O5/c1-29(2)31-17-22-47(40(53)51-48(25-26-48)39-49-28-33(50-39)30-13-11-10-12-14-30)24-23-45(8)32(38(31)47)15-16-35-44(7)20-19-36(56-37(52)27-42(3,4)41(54)55)43(5,6)34(44)18-21-46(35,45)9/h10-14,28,31-32,34-36,38H,1,15-27H2,2-9H3,(H,49,50)(H,51,53)(H,54,55)/t31-,32+,34-,35+,36-,38+,44-,45+,46+,47-/m0/s1. The minimum atomic E-state index is -1.16. The molecule has 6 fully saturated rings. The molecule has 10 atom stereocenters. The van der Waals surface area contributed by atoms with Crippen LogP contribution in [0.4, 0.5) is 0 Å². The summed E-state index contributed by atoms with van der Waals surface area (Å²) in [6, 6.07) is 10.3. The molecule has 0 spiro atoms. The Hall–Kier alpha value is -3.42. The molecule has 3 N–H and O–H groups in total. The number of rotatable bonds is 9. The molecular formula is C48H67N3O5. The summed E-state index contributed by atoms with van der Waals surface area (Å²) in [6.07, 6.45) is 13.6. The summed E-state index contributed by atoms with van der Waals surface area (Å²) in [5.74, 6) is 1.73. The van der Waals surface area contributed by atoms with Crippen molar-refractivity contribution in [1.82, 2.24) is 15.3 Å². The van der Waals surface area contributed by atoms with Crippen LogP contribution in [-0.2, 0) is 24.7 Å². The minimum absolute atomic E-state index is 0.0924. The van der Waals surface area contributed by atoms with Gasteiger partial charge in [0, 0.05) is 5.41 Å². The molecule has 304 valence electrons. The molecule has 0 unspecified atom stereocenters. The summed E-state index contributed by atoms with van der Waals surface area (Å²) in [5, 5.41) is 13.3. The fourth-order valence-corrected chi connectivity index (χ4v) is 14.6. The highest BCUT2D eigenvalue weighted by molar-refractivity contribution is 5.85. The van der Waals surface area contributed by atoms with Gasteiger partial charge in [0.2, 0.25) is 5.91 Å². The number of hydrogen-bond donors (Lipinski definition) is 3. The Kier molecular flexibility index (Phi) is 9.18. The number of allylic oxidation sites excluding steroid dienone is 1. The number of H-pyrrole nitrogens is 1. The molecule has 0 aliphatic heterocycles. The first-order valence-electron chi connectivity index (χ1n) is 21.8. The number of amides is 1. The molecular weight excluding hydrogens is 699 g/mol. The fourth-order valence-electron chi connectivity index (χ4n) is 14.6. The van der Waals surface area contributed by atoms with E-state index in [0.29, 0.717) is 23.7 Å². The van der Waals surface area contributed by atoms with Crippen LogP contribution in [0, 0.1) is 62.1 Å². The maximum atomic E-state index is 15.1. The molecule has 0 bridgehead atoms. The maximum Gasteiger partial charge on any atom is 0.309 e. The maximum absolute atomic E-state index is 15.1. The number of carboxylic acids is 1. The van der Waals surface area contributed by atoms with Crippen molar-refractivity contribution in [2.45, 2.75) is 151 Å². The molecule has 2 aromatic rings. The number of imidazole rings is 1. The molecule has 8 nitrogen and oxygen atoms in total. The van der Waals surface area contributed by atoms with Crippen molar-refractivity contribution in [2.24, 2.45) is 62.1 Å². The predicted octanol–water partition coefficient (Wildman–Crippen LogP) is 10.3. The Balaban J connectivity index is 1.04. The van der Waals surface area contributed by atoms with Gasteiger partial charge < -0.3 is 20.1 Å². The zero-order valence-electron chi connectivity index (χ0n) is 35.4. The lowest BCUT2D eigenvalue weighted by Crippen LogP contribution is -2.67. The number of fused-ring (bicyclic) bond motifs is 7. The van der Waals surface area contributed by atoms with E-state index >= 15 is 4.79 Å². The third-order valence-electron chi connectivity index (χ3n) is 18.1. The van der Waals surface area contributed by atoms with E-state index in [1.165, 1.54) is 5.57 Å². The molecule has 6 saturated carbocycles. The topological polar surface area (TPSA) is 121 Å². The van der Waals surface area contributed by atoms with Gasteiger partial charge in [-0.15, -0.1) is 0 Å². The highest BCUT2D eigenvalue weighted by Crippen LogP contribution is 2.77. The number of ether oxygens (including phenoxy) is 1. The van der Waals surface area contributed by atoms with Gasteiger partial charge in [0.15, 0.2) is 0 Å². The molecule has 0 radical (unpaired) electrons. The smallest absolute Gasteiger partial charge is 0.309 e. The summed E-state index contributed by atoms with van der Waals surface area (Å²) >= 11 is 0. The molecule has 56 heavy (non-hydrogen) atoms. The van der Waals surface area contributed by atoms with Crippen LogP contribution in [-0.4, -0.2) is 39.0 Å². The van der Waals surface area contributed by atoms with Crippen LogP contribution in [0.1, 0.15) is 145 Å². The van der Waals surface area contributed by atoms with Gasteiger partial charge in [-0.2, -0.15) is 0 Å². The molecule has 0 saturated heterocycles. The lowest BCUT2D eigenvalue weighted by atomic mass is 9.32. The summed E-state index contributed by atoms with van der Waals surface area (Å²) in [6.45, 7) is 22.3. The van der Waals surface area contributed by atoms with Gasteiger partial charge in [0.1, 0.15) is 11.9 Å². The van der Waals surface area contributed by atoms with Gasteiger partial charge in [-0.25, -0.2) is 4.98 Å². The van der Waals surface area contributed by atoms with Gasteiger partial charge in [0.05, 0.1) is 34.7 Å². The van der Waals surface area contributed by atoms with Crippen molar-refractivity contribution in [1.29, 1.82) is 0 Å². The van der Waals surface area contributed by atoms with E-state index in [0.717, 1.165) is 94.1 Å². The van der Waals surface area contributed by atoms with Crippen molar-refractivity contribution in [3.63, 3.8) is 0 Å². The first-order valence-corrected chi connectivity index (χ1v) is 21.8. The van der Waals surface area contributed by atoms with E-state index in [2.05, 4.69) is 70.6 Å². The molecule has 1 heterocycles. The van der Waals surface area contributed by atoms with E-state index in [9.17, 15) is 14.7 Å². The van der Waals surface area contributed by atoms with E-state index in [-0.39, 0.29) is 46.0 Å². The number of aromatic nitrogens is 2. The highest BCUT2D eigenvalue weighted by Gasteiger charge is 2.72. The molecule has 1 aromatic carbocycles. The molecule has 1 amide bonds. The zero-order valence-corrected chi connectivity index (χ0v) is 35.4. The van der Waals surface area contributed by atoms with E-state index in [1.807, 2.05) is 24.4 Å². The monoisotopic (exact) mass is 766 g/mol. The quantitative estimate of drug-likeness (QED) is 0.173. The number of benzene rings is 1. The van der Waals surface area contributed by atoms with E-state index < -0.39 is 28.3 Å². The number of esters is 1. The van der Waals surface area contributed by atoms with Crippen LogP contribution < -0.4 is 5.32 Å². The van der Waals surface area contributed by atoms with Gasteiger partial charge in [-0.1, -0.05) is 77.1 Å². The van der Waals surface area contributed by atoms with E-state index in [1.54, 1.807) is 13.8 Å². The number of aromatic amines is 1. The minimum Gasteiger partial charge on any atom is -0.481 e. The van der Waals surface area contributed by atoms with Crippen molar-refractivity contribution in [2.75, 3.05) is 0 Å². The largest absolute Gasteiger partial charge is 0.481 e. The number of hydrogen-bond acceptors (Lipinski definition) is 5. The number of aliphatic carboxylic acids is 1.